The second-order valence-electron chi connectivity index (χ2n) is 7.08. The lowest BCUT2D eigenvalue weighted by molar-refractivity contribution is -0.154. The summed E-state index contributed by atoms with van der Waals surface area (Å²) in [5, 5.41) is 2.93. The predicted molar refractivity (Wildman–Crippen MR) is 92.9 cm³/mol. The van der Waals surface area contributed by atoms with Crippen LogP contribution in [0.2, 0.25) is 0 Å². The van der Waals surface area contributed by atoms with Crippen molar-refractivity contribution < 1.29 is 14.3 Å². The molecule has 1 aromatic carbocycles. The van der Waals surface area contributed by atoms with Crippen molar-refractivity contribution in [2.24, 2.45) is 0 Å². The number of rotatable bonds is 2. The van der Waals surface area contributed by atoms with E-state index in [1.807, 2.05) is 17.0 Å². The molecule has 3 heterocycles. The number of fused-ring (bicyclic) bond motifs is 1. The fraction of sp³-hybridized carbons (Fsp3) is 0.579. The smallest absolute Gasteiger partial charge is 0.253 e. The molecule has 134 valence electrons. The molecule has 2 atom stereocenters. The lowest BCUT2D eigenvalue weighted by atomic mass is 9.99. The standard InChI is InChI=1S/C19H25N3O3/c23-18-16(6-3-8-20-18)21-10-11-25-17(13-21)19(24)22-9-7-14-4-1-2-5-15(14)12-22/h1-2,4-5,16-17H,3,6-13H2,(H,20,23). The van der Waals surface area contributed by atoms with Crippen LogP contribution in [0.3, 0.4) is 0 Å². The van der Waals surface area contributed by atoms with E-state index in [1.54, 1.807) is 0 Å². The van der Waals surface area contributed by atoms with Crippen molar-refractivity contribution in [2.75, 3.05) is 32.8 Å². The van der Waals surface area contributed by atoms with Crippen molar-refractivity contribution >= 4 is 11.8 Å². The van der Waals surface area contributed by atoms with Gasteiger partial charge in [0.1, 0.15) is 6.10 Å². The number of amides is 2. The number of nitrogens with one attached hydrogen (secondary N) is 1. The first-order chi connectivity index (χ1) is 12.2. The van der Waals surface area contributed by atoms with E-state index in [1.165, 1.54) is 11.1 Å². The molecule has 2 unspecified atom stereocenters. The Balaban J connectivity index is 1.41. The first kappa shape index (κ1) is 16.5. The van der Waals surface area contributed by atoms with Crippen LogP contribution < -0.4 is 5.32 Å². The van der Waals surface area contributed by atoms with E-state index in [4.69, 9.17) is 4.74 Å². The number of piperidine rings is 1. The maximum atomic E-state index is 12.9. The molecule has 25 heavy (non-hydrogen) atoms. The van der Waals surface area contributed by atoms with Crippen LogP contribution in [-0.4, -0.2) is 66.5 Å². The molecule has 2 saturated heterocycles. The Morgan fingerprint density at radius 2 is 2.04 bits per heavy atom. The Hall–Kier alpha value is -1.92. The van der Waals surface area contributed by atoms with Gasteiger partial charge in [0.05, 0.1) is 12.6 Å². The molecule has 6 heteroatoms. The van der Waals surface area contributed by atoms with Gasteiger partial charge in [-0.05, 0) is 30.4 Å². The summed E-state index contributed by atoms with van der Waals surface area (Å²) in [7, 11) is 0. The molecule has 0 aromatic heterocycles. The molecule has 2 amide bonds. The largest absolute Gasteiger partial charge is 0.366 e. The third kappa shape index (κ3) is 3.41. The van der Waals surface area contributed by atoms with E-state index in [9.17, 15) is 9.59 Å². The molecule has 0 radical (unpaired) electrons. The van der Waals surface area contributed by atoms with E-state index in [2.05, 4.69) is 22.3 Å². The zero-order chi connectivity index (χ0) is 17.2. The molecule has 1 aromatic rings. The van der Waals surface area contributed by atoms with E-state index in [-0.39, 0.29) is 17.9 Å². The van der Waals surface area contributed by atoms with Gasteiger partial charge in [-0.2, -0.15) is 0 Å². The van der Waals surface area contributed by atoms with Crippen molar-refractivity contribution in [1.29, 1.82) is 0 Å². The van der Waals surface area contributed by atoms with Gasteiger partial charge in [0.2, 0.25) is 5.91 Å². The van der Waals surface area contributed by atoms with Gasteiger partial charge >= 0.3 is 0 Å². The minimum Gasteiger partial charge on any atom is -0.366 e. The summed E-state index contributed by atoms with van der Waals surface area (Å²) >= 11 is 0. The topological polar surface area (TPSA) is 61.9 Å². The normalized spacial score (nSPS) is 27.5. The van der Waals surface area contributed by atoms with Gasteiger partial charge in [0.15, 0.2) is 0 Å². The molecule has 3 aliphatic rings. The van der Waals surface area contributed by atoms with Crippen LogP contribution in [0.15, 0.2) is 24.3 Å². The second kappa shape index (κ2) is 7.14. The molecule has 3 aliphatic heterocycles. The zero-order valence-electron chi connectivity index (χ0n) is 14.4. The number of benzene rings is 1. The summed E-state index contributed by atoms with van der Waals surface area (Å²) < 4.78 is 5.77. The van der Waals surface area contributed by atoms with Crippen LogP contribution in [0, 0.1) is 0 Å². The predicted octanol–water partition coefficient (Wildman–Crippen LogP) is 0.551. The van der Waals surface area contributed by atoms with E-state index >= 15 is 0 Å². The molecule has 0 aliphatic carbocycles. The Labute approximate surface area is 148 Å². The molecule has 0 saturated carbocycles. The number of carbonyl (C=O) groups is 2. The molecular weight excluding hydrogens is 318 g/mol. The quantitative estimate of drug-likeness (QED) is 0.852. The second-order valence-corrected chi connectivity index (χ2v) is 7.08. The van der Waals surface area contributed by atoms with Crippen molar-refractivity contribution in [3.05, 3.63) is 35.4 Å². The summed E-state index contributed by atoms with van der Waals surface area (Å²) in [5.41, 5.74) is 2.55. The third-order valence-electron chi connectivity index (χ3n) is 5.51. The molecule has 4 rings (SSSR count). The van der Waals surface area contributed by atoms with Gasteiger partial charge in [0.25, 0.3) is 5.91 Å². The number of morpholine rings is 1. The average molecular weight is 343 g/mol. The van der Waals surface area contributed by atoms with Gasteiger partial charge in [0, 0.05) is 32.7 Å². The van der Waals surface area contributed by atoms with Crippen LogP contribution in [0.5, 0.6) is 0 Å². The van der Waals surface area contributed by atoms with Crippen molar-refractivity contribution in [2.45, 2.75) is 38.0 Å². The average Bonchev–Trinajstić information content (AvgIpc) is 2.67. The maximum absolute atomic E-state index is 12.9. The number of hydrogen-bond acceptors (Lipinski definition) is 4. The van der Waals surface area contributed by atoms with Gasteiger partial charge in [-0.25, -0.2) is 0 Å². The van der Waals surface area contributed by atoms with Crippen LogP contribution in [0.1, 0.15) is 24.0 Å². The van der Waals surface area contributed by atoms with Crippen LogP contribution in [-0.2, 0) is 27.3 Å². The Morgan fingerprint density at radius 3 is 2.88 bits per heavy atom. The molecule has 0 spiro atoms. The van der Waals surface area contributed by atoms with Gasteiger partial charge in [-0.1, -0.05) is 24.3 Å². The monoisotopic (exact) mass is 343 g/mol. The fourth-order valence-corrected chi connectivity index (χ4v) is 4.09. The van der Waals surface area contributed by atoms with Crippen LogP contribution >= 0.6 is 0 Å². The molecule has 2 fully saturated rings. The van der Waals surface area contributed by atoms with Crippen molar-refractivity contribution in [3.8, 4) is 0 Å². The molecular formula is C19H25N3O3. The van der Waals surface area contributed by atoms with Crippen molar-refractivity contribution in [1.82, 2.24) is 15.1 Å². The number of ether oxygens (including phenoxy) is 1. The lowest BCUT2D eigenvalue weighted by Crippen LogP contribution is -2.58. The van der Waals surface area contributed by atoms with Gasteiger partial charge < -0.3 is 15.0 Å². The summed E-state index contributed by atoms with van der Waals surface area (Å²) in [5.74, 6) is 0.140. The van der Waals surface area contributed by atoms with Gasteiger partial charge in [-0.15, -0.1) is 0 Å². The molecule has 6 nitrogen and oxygen atoms in total. The number of carbonyl (C=O) groups excluding carboxylic acids is 2. The highest BCUT2D eigenvalue weighted by atomic mass is 16.5. The number of nitrogens with zero attached hydrogens (tertiary/aromatic N) is 2. The summed E-state index contributed by atoms with van der Waals surface area (Å²) in [4.78, 5) is 29.1. The van der Waals surface area contributed by atoms with E-state index in [0.29, 0.717) is 26.2 Å². The minimum absolute atomic E-state index is 0.0513. The summed E-state index contributed by atoms with van der Waals surface area (Å²) in [6.45, 7) is 3.87. The first-order valence-corrected chi connectivity index (χ1v) is 9.21. The van der Waals surface area contributed by atoms with Gasteiger partial charge in [-0.3, -0.25) is 14.5 Å². The number of hydrogen-bond donors (Lipinski definition) is 1. The highest BCUT2D eigenvalue weighted by Crippen LogP contribution is 2.22. The molecule has 0 bridgehead atoms. The lowest BCUT2D eigenvalue weighted by Gasteiger charge is -2.40. The van der Waals surface area contributed by atoms with E-state index in [0.717, 1.165) is 32.4 Å². The Morgan fingerprint density at radius 1 is 1.20 bits per heavy atom. The maximum Gasteiger partial charge on any atom is 0.253 e. The Kier molecular flexibility index (Phi) is 4.72. The highest BCUT2D eigenvalue weighted by Gasteiger charge is 2.36. The van der Waals surface area contributed by atoms with Crippen molar-refractivity contribution in [3.63, 3.8) is 0 Å². The first-order valence-electron chi connectivity index (χ1n) is 9.21. The third-order valence-corrected chi connectivity index (χ3v) is 5.51. The fourth-order valence-electron chi connectivity index (χ4n) is 4.09. The van der Waals surface area contributed by atoms with Crippen LogP contribution in [0.4, 0.5) is 0 Å². The highest BCUT2D eigenvalue weighted by molar-refractivity contribution is 5.83. The molecule has 1 N–H and O–H groups in total. The summed E-state index contributed by atoms with van der Waals surface area (Å²) in [6.07, 6.45) is 2.29. The zero-order valence-corrected chi connectivity index (χ0v) is 14.4. The SMILES string of the molecule is O=C1NCCCC1N1CCOC(C(=O)N2CCc3ccccc3C2)C1. The Bertz CT molecular complexity index is 663. The van der Waals surface area contributed by atoms with E-state index < -0.39 is 6.10 Å². The summed E-state index contributed by atoms with van der Waals surface area (Å²) in [6, 6.07) is 8.18. The minimum atomic E-state index is -0.464. The van der Waals surface area contributed by atoms with Crippen LogP contribution in [0.25, 0.3) is 0 Å².